The Labute approximate surface area is 197 Å². The van der Waals surface area contributed by atoms with E-state index in [1.165, 1.54) is 0 Å². The molecule has 4 rings (SSSR count). The van der Waals surface area contributed by atoms with E-state index in [9.17, 15) is 14.4 Å². The van der Waals surface area contributed by atoms with Gasteiger partial charge in [-0.15, -0.1) is 0 Å². The zero-order valence-corrected chi connectivity index (χ0v) is 19.1. The van der Waals surface area contributed by atoms with E-state index in [4.69, 9.17) is 17.0 Å². The lowest BCUT2D eigenvalue weighted by atomic mass is 10.1. The van der Waals surface area contributed by atoms with Crippen molar-refractivity contribution in [1.29, 1.82) is 0 Å². The van der Waals surface area contributed by atoms with Gasteiger partial charge in [-0.2, -0.15) is 0 Å². The quantitative estimate of drug-likeness (QED) is 0.400. The topological polar surface area (TPSA) is 87.7 Å². The number of ether oxygens (including phenoxy) is 1. The molecule has 7 nitrogen and oxygen atoms in total. The van der Waals surface area contributed by atoms with Gasteiger partial charge in [0.15, 0.2) is 5.11 Å². The van der Waals surface area contributed by atoms with Crippen molar-refractivity contribution in [2.75, 3.05) is 17.3 Å². The lowest BCUT2D eigenvalue weighted by molar-refractivity contribution is 0.0923. The van der Waals surface area contributed by atoms with Crippen LogP contribution in [0.3, 0.4) is 0 Å². The minimum atomic E-state index is -0.381. The number of imide groups is 1. The van der Waals surface area contributed by atoms with Gasteiger partial charge in [-0.3, -0.25) is 19.7 Å². The first kappa shape index (κ1) is 21.7. The summed E-state index contributed by atoms with van der Waals surface area (Å²) in [5.74, 6) is -0.492. The number of methoxy groups -OCH3 is 1. The summed E-state index contributed by atoms with van der Waals surface area (Å²) in [7, 11) is 1.54. The zero-order chi connectivity index (χ0) is 22.8. The molecule has 9 heteroatoms. The number of anilines is 2. The number of benzene rings is 3. The second kappa shape index (κ2) is 8.89. The monoisotopic (exact) mass is 509 g/mol. The Kier molecular flexibility index (Phi) is 6.02. The SMILES string of the molecule is COc1ccc(C(=O)NC(=S)Nc2ccc(N3C(=O)c4ccccc4C3=O)cc2)cc1Br. The maximum absolute atomic E-state index is 12.6. The van der Waals surface area contributed by atoms with E-state index in [-0.39, 0.29) is 22.8 Å². The molecule has 1 aliphatic heterocycles. The van der Waals surface area contributed by atoms with Crippen molar-refractivity contribution in [3.63, 3.8) is 0 Å². The Morgan fingerprint density at radius 1 is 0.969 bits per heavy atom. The molecule has 0 spiro atoms. The predicted octanol–water partition coefficient (Wildman–Crippen LogP) is 4.39. The Bertz CT molecular complexity index is 1230. The average molecular weight is 510 g/mol. The lowest BCUT2D eigenvalue weighted by Gasteiger charge is -2.15. The van der Waals surface area contributed by atoms with Gasteiger partial charge in [-0.1, -0.05) is 12.1 Å². The van der Waals surface area contributed by atoms with E-state index < -0.39 is 0 Å². The van der Waals surface area contributed by atoms with Gasteiger partial charge in [0.1, 0.15) is 5.75 Å². The summed E-state index contributed by atoms with van der Waals surface area (Å²) in [4.78, 5) is 38.8. The van der Waals surface area contributed by atoms with Gasteiger partial charge >= 0.3 is 0 Å². The molecule has 160 valence electrons. The summed E-state index contributed by atoms with van der Waals surface area (Å²) in [5.41, 5.74) is 2.21. The largest absolute Gasteiger partial charge is 0.496 e. The molecule has 32 heavy (non-hydrogen) atoms. The maximum atomic E-state index is 12.6. The van der Waals surface area contributed by atoms with Gasteiger partial charge in [0, 0.05) is 11.3 Å². The fourth-order valence-electron chi connectivity index (χ4n) is 3.26. The maximum Gasteiger partial charge on any atom is 0.266 e. The highest BCUT2D eigenvalue weighted by atomic mass is 79.9. The number of thiocarbonyl (C=S) groups is 1. The highest BCUT2D eigenvalue weighted by Crippen LogP contribution is 2.29. The number of nitrogens with zero attached hydrogens (tertiary/aromatic N) is 1. The van der Waals surface area contributed by atoms with Crippen LogP contribution in [0.4, 0.5) is 11.4 Å². The molecule has 0 aliphatic carbocycles. The van der Waals surface area contributed by atoms with Crippen LogP contribution < -0.4 is 20.3 Å². The molecule has 0 fully saturated rings. The van der Waals surface area contributed by atoms with Gasteiger partial charge < -0.3 is 10.1 Å². The Morgan fingerprint density at radius 2 is 1.59 bits per heavy atom. The van der Waals surface area contributed by atoms with E-state index in [1.807, 2.05) is 0 Å². The molecule has 3 aromatic rings. The van der Waals surface area contributed by atoms with Crippen LogP contribution >= 0.6 is 28.1 Å². The van der Waals surface area contributed by atoms with Gasteiger partial charge in [0.25, 0.3) is 17.7 Å². The summed E-state index contributed by atoms with van der Waals surface area (Å²) in [5, 5.41) is 5.62. The van der Waals surface area contributed by atoms with Crippen molar-refractivity contribution in [2.45, 2.75) is 0 Å². The van der Waals surface area contributed by atoms with Crippen LogP contribution in [0.25, 0.3) is 0 Å². The third kappa shape index (κ3) is 4.12. The van der Waals surface area contributed by atoms with Crippen LogP contribution in [0.2, 0.25) is 0 Å². The molecule has 0 aromatic heterocycles. The first-order valence-corrected chi connectivity index (χ1v) is 10.6. The molecule has 0 saturated carbocycles. The number of fused-ring (bicyclic) bond motifs is 1. The second-order valence-electron chi connectivity index (χ2n) is 6.80. The summed E-state index contributed by atoms with van der Waals surface area (Å²) >= 11 is 8.56. The molecular formula is C23H16BrN3O4S. The fraction of sp³-hybridized carbons (Fsp3) is 0.0435. The fourth-order valence-corrected chi connectivity index (χ4v) is 4.01. The van der Waals surface area contributed by atoms with Crippen LogP contribution in [0.5, 0.6) is 5.75 Å². The predicted molar refractivity (Wildman–Crippen MR) is 128 cm³/mol. The molecule has 1 aliphatic rings. The summed E-state index contributed by atoms with van der Waals surface area (Å²) < 4.78 is 5.80. The number of hydrogen-bond acceptors (Lipinski definition) is 5. The number of rotatable bonds is 4. The molecule has 0 saturated heterocycles. The van der Waals surface area contributed by atoms with E-state index >= 15 is 0 Å². The molecular weight excluding hydrogens is 494 g/mol. The van der Waals surface area contributed by atoms with Crippen molar-refractivity contribution in [1.82, 2.24) is 5.32 Å². The third-order valence-electron chi connectivity index (χ3n) is 4.82. The van der Waals surface area contributed by atoms with Gasteiger partial charge in [0.2, 0.25) is 0 Å². The number of carbonyl (C=O) groups excluding carboxylic acids is 3. The van der Waals surface area contributed by atoms with Crippen molar-refractivity contribution in [3.8, 4) is 5.75 Å². The van der Waals surface area contributed by atoms with Crippen molar-refractivity contribution in [3.05, 3.63) is 87.9 Å². The number of hydrogen-bond donors (Lipinski definition) is 2. The lowest BCUT2D eigenvalue weighted by Crippen LogP contribution is -2.34. The van der Waals surface area contributed by atoms with Crippen LogP contribution in [0, 0.1) is 0 Å². The zero-order valence-electron chi connectivity index (χ0n) is 16.7. The minimum absolute atomic E-state index is 0.107. The number of carbonyl (C=O) groups is 3. The van der Waals surface area contributed by atoms with Crippen LogP contribution in [0.15, 0.2) is 71.2 Å². The molecule has 3 aromatic carbocycles. The second-order valence-corrected chi connectivity index (χ2v) is 8.06. The molecule has 0 atom stereocenters. The highest BCUT2D eigenvalue weighted by Gasteiger charge is 2.36. The molecule has 1 heterocycles. The average Bonchev–Trinajstić information content (AvgIpc) is 3.04. The van der Waals surface area contributed by atoms with Crippen molar-refractivity contribution < 1.29 is 19.1 Å². The van der Waals surface area contributed by atoms with Crippen LogP contribution in [-0.4, -0.2) is 29.9 Å². The Morgan fingerprint density at radius 3 is 2.16 bits per heavy atom. The van der Waals surface area contributed by atoms with Gasteiger partial charge in [-0.05, 0) is 82.7 Å². The standard InChI is InChI=1S/C23H16BrN3O4S/c1-31-19-11-6-13(12-18(19)24)20(28)26-23(32)25-14-7-9-15(10-8-14)27-21(29)16-4-2-3-5-17(16)22(27)30/h2-12H,1H3,(H2,25,26,28,32). The molecule has 0 unspecified atom stereocenters. The van der Waals surface area contributed by atoms with E-state index in [0.29, 0.717) is 38.3 Å². The summed E-state index contributed by atoms with van der Waals surface area (Å²) in [6.45, 7) is 0. The van der Waals surface area contributed by atoms with E-state index in [2.05, 4.69) is 26.6 Å². The van der Waals surface area contributed by atoms with E-state index in [0.717, 1.165) is 4.90 Å². The number of amides is 3. The molecule has 0 radical (unpaired) electrons. The van der Waals surface area contributed by atoms with Crippen molar-refractivity contribution in [2.24, 2.45) is 0 Å². The molecule has 0 bridgehead atoms. The Hall–Kier alpha value is -3.56. The Balaban J connectivity index is 1.41. The number of nitrogens with one attached hydrogen (secondary N) is 2. The summed E-state index contributed by atoms with van der Waals surface area (Å²) in [6.07, 6.45) is 0. The molecule has 3 amide bonds. The van der Waals surface area contributed by atoms with Gasteiger partial charge in [-0.25, -0.2) is 4.90 Å². The van der Waals surface area contributed by atoms with Crippen LogP contribution in [-0.2, 0) is 0 Å². The normalized spacial score (nSPS) is 12.4. The minimum Gasteiger partial charge on any atom is -0.496 e. The van der Waals surface area contributed by atoms with Gasteiger partial charge in [0.05, 0.1) is 28.4 Å². The first-order chi connectivity index (χ1) is 15.4. The molecule has 2 N–H and O–H groups in total. The number of halogens is 1. The summed E-state index contributed by atoms with van der Waals surface area (Å²) in [6, 6.07) is 18.2. The van der Waals surface area contributed by atoms with E-state index in [1.54, 1.807) is 73.8 Å². The highest BCUT2D eigenvalue weighted by molar-refractivity contribution is 9.10. The van der Waals surface area contributed by atoms with Crippen LogP contribution in [0.1, 0.15) is 31.1 Å². The third-order valence-corrected chi connectivity index (χ3v) is 5.64. The van der Waals surface area contributed by atoms with Crippen molar-refractivity contribution >= 4 is 62.4 Å². The smallest absolute Gasteiger partial charge is 0.266 e. The first-order valence-electron chi connectivity index (χ1n) is 9.43.